The first kappa shape index (κ1) is 15.6. The van der Waals surface area contributed by atoms with Gasteiger partial charge in [0.25, 0.3) is 0 Å². The summed E-state index contributed by atoms with van der Waals surface area (Å²) in [4.78, 5) is 12.5. The van der Waals surface area contributed by atoms with Crippen LogP contribution in [0.25, 0.3) is 10.8 Å². The molecule has 0 amide bonds. The SMILES string of the molecule is CCOc1ccccc1C(=O)Oc1ccc(Br)c2ccccc12. The van der Waals surface area contributed by atoms with E-state index in [1.54, 1.807) is 24.3 Å². The molecule has 0 spiro atoms. The van der Waals surface area contributed by atoms with E-state index in [0.717, 1.165) is 15.2 Å². The van der Waals surface area contributed by atoms with Crippen molar-refractivity contribution in [1.82, 2.24) is 0 Å². The first-order valence-corrected chi connectivity index (χ1v) is 8.11. The van der Waals surface area contributed by atoms with Crippen molar-refractivity contribution >= 4 is 32.7 Å². The second-order valence-corrected chi connectivity index (χ2v) is 5.76. The highest BCUT2D eigenvalue weighted by molar-refractivity contribution is 9.10. The summed E-state index contributed by atoms with van der Waals surface area (Å²) in [6.45, 7) is 2.37. The molecular formula is C19H15BrO3. The molecule has 0 unspecified atom stereocenters. The van der Waals surface area contributed by atoms with Crippen molar-refractivity contribution in [3.05, 3.63) is 70.7 Å². The minimum atomic E-state index is -0.429. The molecule has 4 heteroatoms. The van der Waals surface area contributed by atoms with Crippen molar-refractivity contribution < 1.29 is 14.3 Å². The summed E-state index contributed by atoms with van der Waals surface area (Å²) in [5.74, 6) is 0.628. The van der Waals surface area contributed by atoms with E-state index in [1.165, 1.54) is 0 Å². The fourth-order valence-electron chi connectivity index (χ4n) is 2.40. The van der Waals surface area contributed by atoms with Gasteiger partial charge in [0.2, 0.25) is 0 Å². The van der Waals surface area contributed by atoms with Gasteiger partial charge in [-0.25, -0.2) is 4.79 Å². The van der Waals surface area contributed by atoms with Crippen molar-refractivity contribution in [2.24, 2.45) is 0 Å². The molecule has 0 radical (unpaired) electrons. The smallest absolute Gasteiger partial charge is 0.347 e. The number of para-hydroxylation sites is 1. The zero-order chi connectivity index (χ0) is 16.2. The Morgan fingerprint density at radius 3 is 2.39 bits per heavy atom. The van der Waals surface area contributed by atoms with E-state index >= 15 is 0 Å². The maximum atomic E-state index is 12.5. The number of esters is 1. The lowest BCUT2D eigenvalue weighted by Gasteiger charge is -2.11. The van der Waals surface area contributed by atoms with Crippen LogP contribution in [0.1, 0.15) is 17.3 Å². The fraction of sp³-hybridized carbons (Fsp3) is 0.105. The van der Waals surface area contributed by atoms with E-state index in [4.69, 9.17) is 9.47 Å². The van der Waals surface area contributed by atoms with Gasteiger partial charge in [-0.1, -0.05) is 52.3 Å². The lowest BCUT2D eigenvalue weighted by molar-refractivity contribution is 0.0733. The van der Waals surface area contributed by atoms with Crippen LogP contribution in [0, 0.1) is 0 Å². The molecule has 0 aliphatic heterocycles. The minimum Gasteiger partial charge on any atom is -0.493 e. The summed E-state index contributed by atoms with van der Waals surface area (Å²) in [6, 6.07) is 18.5. The molecule has 0 aliphatic rings. The highest BCUT2D eigenvalue weighted by Gasteiger charge is 2.16. The molecule has 0 N–H and O–H groups in total. The summed E-state index contributed by atoms with van der Waals surface area (Å²) in [5, 5.41) is 1.88. The number of ether oxygens (including phenoxy) is 2. The highest BCUT2D eigenvalue weighted by Crippen LogP contribution is 2.32. The summed E-state index contributed by atoms with van der Waals surface area (Å²) < 4.78 is 12.1. The molecule has 3 nitrogen and oxygen atoms in total. The Bertz CT molecular complexity index is 858. The normalized spacial score (nSPS) is 10.5. The Hall–Kier alpha value is -2.33. The van der Waals surface area contributed by atoms with Gasteiger partial charge in [-0.3, -0.25) is 0 Å². The molecule has 0 saturated carbocycles. The Morgan fingerprint density at radius 2 is 1.61 bits per heavy atom. The molecule has 3 aromatic rings. The van der Waals surface area contributed by atoms with E-state index in [1.807, 2.05) is 43.3 Å². The number of benzene rings is 3. The van der Waals surface area contributed by atoms with Gasteiger partial charge in [0.05, 0.1) is 6.61 Å². The van der Waals surface area contributed by atoms with Crippen LogP contribution in [0.5, 0.6) is 11.5 Å². The zero-order valence-corrected chi connectivity index (χ0v) is 14.2. The van der Waals surface area contributed by atoms with Crippen LogP contribution in [-0.4, -0.2) is 12.6 Å². The van der Waals surface area contributed by atoms with E-state index in [-0.39, 0.29) is 0 Å². The van der Waals surface area contributed by atoms with Gasteiger partial charge >= 0.3 is 5.97 Å². The topological polar surface area (TPSA) is 35.5 Å². The summed E-state index contributed by atoms with van der Waals surface area (Å²) >= 11 is 3.51. The van der Waals surface area contributed by atoms with Crippen LogP contribution in [0.15, 0.2) is 65.1 Å². The average Bonchev–Trinajstić information content (AvgIpc) is 2.58. The monoisotopic (exact) mass is 370 g/mol. The van der Waals surface area contributed by atoms with Gasteiger partial charge in [0.15, 0.2) is 0 Å². The Morgan fingerprint density at radius 1 is 0.913 bits per heavy atom. The third kappa shape index (κ3) is 3.22. The lowest BCUT2D eigenvalue weighted by atomic mass is 10.1. The van der Waals surface area contributed by atoms with Crippen LogP contribution < -0.4 is 9.47 Å². The van der Waals surface area contributed by atoms with Gasteiger partial charge in [-0.15, -0.1) is 0 Å². The quantitative estimate of drug-likeness (QED) is 0.466. The Balaban J connectivity index is 1.97. The summed E-state index contributed by atoms with van der Waals surface area (Å²) in [6.07, 6.45) is 0. The van der Waals surface area contributed by atoms with Crippen molar-refractivity contribution in [3.63, 3.8) is 0 Å². The molecule has 0 saturated heterocycles. The number of hydrogen-bond donors (Lipinski definition) is 0. The van der Waals surface area contributed by atoms with Gasteiger partial charge in [-0.05, 0) is 36.6 Å². The maximum absolute atomic E-state index is 12.5. The van der Waals surface area contributed by atoms with Gasteiger partial charge in [-0.2, -0.15) is 0 Å². The van der Waals surface area contributed by atoms with Crippen LogP contribution in [0.4, 0.5) is 0 Å². The largest absolute Gasteiger partial charge is 0.493 e. The molecular weight excluding hydrogens is 356 g/mol. The van der Waals surface area contributed by atoms with Crippen molar-refractivity contribution in [2.75, 3.05) is 6.61 Å². The van der Waals surface area contributed by atoms with Crippen LogP contribution >= 0.6 is 15.9 Å². The lowest BCUT2D eigenvalue weighted by Crippen LogP contribution is -2.11. The predicted molar refractivity (Wildman–Crippen MR) is 94.2 cm³/mol. The third-order valence-electron chi connectivity index (χ3n) is 3.44. The maximum Gasteiger partial charge on any atom is 0.347 e. The molecule has 3 aromatic carbocycles. The first-order valence-electron chi connectivity index (χ1n) is 7.32. The molecule has 0 atom stereocenters. The van der Waals surface area contributed by atoms with E-state index in [0.29, 0.717) is 23.7 Å². The van der Waals surface area contributed by atoms with E-state index in [9.17, 15) is 4.79 Å². The second kappa shape index (κ2) is 6.84. The van der Waals surface area contributed by atoms with Crippen LogP contribution in [0.3, 0.4) is 0 Å². The summed E-state index contributed by atoms with van der Waals surface area (Å²) in [7, 11) is 0. The van der Waals surface area contributed by atoms with Gasteiger partial charge in [0.1, 0.15) is 17.1 Å². The number of carbonyl (C=O) groups excluding carboxylic acids is 1. The molecule has 23 heavy (non-hydrogen) atoms. The molecule has 0 aromatic heterocycles. The summed E-state index contributed by atoms with van der Waals surface area (Å²) in [5.41, 5.74) is 0.418. The molecule has 0 bridgehead atoms. The Labute approximate surface area is 143 Å². The molecule has 0 aliphatic carbocycles. The van der Waals surface area contributed by atoms with Crippen LogP contribution in [-0.2, 0) is 0 Å². The standard InChI is InChI=1S/C19H15BrO3/c1-2-22-17-10-6-5-9-15(17)19(21)23-18-12-11-16(20)13-7-3-4-8-14(13)18/h3-12H,2H2,1H3. The third-order valence-corrected chi connectivity index (χ3v) is 4.13. The first-order chi connectivity index (χ1) is 11.2. The zero-order valence-electron chi connectivity index (χ0n) is 12.6. The van der Waals surface area contributed by atoms with Gasteiger partial charge in [0, 0.05) is 9.86 Å². The number of carbonyl (C=O) groups is 1. The number of rotatable bonds is 4. The van der Waals surface area contributed by atoms with Gasteiger partial charge < -0.3 is 9.47 Å². The van der Waals surface area contributed by atoms with Crippen molar-refractivity contribution in [3.8, 4) is 11.5 Å². The van der Waals surface area contributed by atoms with E-state index < -0.39 is 5.97 Å². The van der Waals surface area contributed by atoms with E-state index in [2.05, 4.69) is 15.9 Å². The molecule has 0 fully saturated rings. The second-order valence-electron chi connectivity index (χ2n) is 4.91. The minimum absolute atomic E-state index is 0.418. The number of halogens is 1. The fourth-order valence-corrected chi connectivity index (χ4v) is 2.87. The number of hydrogen-bond acceptors (Lipinski definition) is 3. The number of fused-ring (bicyclic) bond motifs is 1. The molecule has 116 valence electrons. The highest BCUT2D eigenvalue weighted by atomic mass is 79.9. The van der Waals surface area contributed by atoms with Crippen molar-refractivity contribution in [2.45, 2.75) is 6.92 Å². The van der Waals surface area contributed by atoms with Crippen LogP contribution in [0.2, 0.25) is 0 Å². The van der Waals surface area contributed by atoms with Crippen molar-refractivity contribution in [1.29, 1.82) is 0 Å². The Kier molecular flexibility index (Phi) is 4.63. The molecule has 3 rings (SSSR count). The predicted octanol–water partition coefficient (Wildman–Crippen LogP) is 5.22. The molecule has 0 heterocycles. The average molecular weight is 371 g/mol.